The third-order valence-electron chi connectivity index (χ3n) is 2.67. The van der Waals surface area contributed by atoms with Crippen LogP contribution >= 0.6 is 0 Å². The van der Waals surface area contributed by atoms with E-state index in [1.807, 2.05) is 18.2 Å². The topological polar surface area (TPSA) is 61.4 Å². The summed E-state index contributed by atoms with van der Waals surface area (Å²) in [6, 6.07) is 5.60. The van der Waals surface area contributed by atoms with E-state index in [0.717, 1.165) is 16.9 Å². The molecule has 5 heteroatoms. The zero-order valence-electron chi connectivity index (χ0n) is 9.91. The van der Waals surface area contributed by atoms with Crippen LogP contribution in [0.4, 0.5) is 11.4 Å². The van der Waals surface area contributed by atoms with Crippen LogP contribution in [0.5, 0.6) is 0 Å². The van der Waals surface area contributed by atoms with E-state index < -0.39 is 0 Å². The Morgan fingerprint density at radius 1 is 1.47 bits per heavy atom. The standard InChI is InChI=1S/C12H15N3O2/c1-15(2)12(17)7-13-9-3-4-10-8(5-9)6-11(16)14-10/h3-5,13H,6-7H2,1-2H3,(H,14,16). The largest absolute Gasteiger partial charge is 0.376 e. The van der Waals surface area contributed by atoms with Gasteiger partial charge in [0.25, 0.3) is 0 Å². The molecule has 2 N–H and O–H groups in total. The summed E-state index contributed by atoms with van der Waals surface area (Å²) in [7, 11) is 3.44. The van der Waals surface area contributed by atoms with Crippen LogP contribution in [0.2, 0.25) is 0 Å². The molecular weight excluding hydrogens is 218 g/mol. The van der Waals surface area contributed by atoms with Crippen LogP contribution in [0.1, 0.15) is 5.56 Å². The van der Waals surface area contributed by atoms with Crippen LogP contribution in [-0.4, -0.2) is 37.4 Å². The molecule has 2 amide bonds. The molecule has 5 nitrogen and oxygen atoms in total. The van der Waals surface area contributed by atoms with Crippen LogP contribution in [0.15, 0.2) is 18.2 Å². The van der Waals surface area contributed by atoms with E-state index in [9.17, 15) is 9.59 Å². The van der Waals surface area contributed by atoms with Crippen molar-refractivity contribution in [2.45, 2.75) is 6.42 Å². The number of carbonyl (C=O) groups is 2. The van der Waals surface area contributed by atoms with Gasteiger partial charge >= 0.3 is 0 Å². The maximum Gasteiger partial charge on any atom is 0.241 e. The number of fused-ring (bicyclic) bond motifs is 1. The monoisotopic (exact) mass is 233 g/mol. The zero-order chi connectivity index (χ0) is 12.4. The van der Waals surface area contributed by atoms with Crippen LogP contribution in [0, 0.1) is 0 Å². The van der Waals surface area contributed by atoms with Gasteiger partial charge in [-0.2, -0.15) is 0 Å². The molecule has 0 aliphatic carbocycles. The number of amides is 2. The van der Waals surface area contributed by atoms with E-state index in [2.05, 4.69) is 10.6 Å². The molecule has 2 rings (SSSR count). The van der Waals surface area contributed by atoms with Crippen LogP contribution in [-0.2, 0) is 16.0 Å². The van der Waals surface area contributed by atoms with Crippen molar-refractivity contribution in [1.82, 2.24) is 4.90 Å². The van der Waals surface area contributed by atoms with Crippen molar-refractivity contribution in [1.29, 1.82) is 0 Å². The minimum Gasteiger partial charge on any atom is -0.376 e. The van der Waals surface area contributed by atoms with E-state index in [4.69, 9.17) is 0 Å². The molecule has 1 heterocycles. The molecular formula is C12H15N3O2. The Hall–Kier alpha value is -2.04. The minimum absolute atomic E-state index is 0.0136. The number of likely N-dealkylation sites (N-methyl/N-ethyl adjacent to an activating group) is 1. The van der Waals surface area contributed by atoms with Gasteiger partial charge in [-0.15, -0.1) is 0 Å². The van der Waals surface area contributed by atoms with Crippen molar-refractivity contribution in [3.63, 3.8) is 0 Å². The number of nitrogens with one attached hydrogen (secondary N) is 2. The molecule has 0 radical (unpaired) electrons. The summed E-state index contributed by atoms with van der Waals surface area (Å²) >= 11 is 0. The Labute approximate surface area is 99.8 Å². The van der Waals surface area contributed by atoms with E-state index in [1.165, 1.54) is 4.90 Å². The molecule has 17 heavy (non-hydrogen) atoms. The van der Waals surface area contributed by atoms with Crippen LogP contribution in [0.25, 0.3) is 0 Å². The maximum atomic E-state index is 11.4. The molecule has 0 fully saturated rings. The first-order valence-electron chi connectivity index (χ1n) is 5.43. The molecule has 90 valence electrons. The second-order valence-electron chi connectivity index (χ2n) is 4.24. The second-order valence-corrected chi connectivity index (χ2v) is 4.24. The van der Waals surface area contributed by atoms with Gasteiger partial charge in [-0.25, -0.2) is 0 Å². The van der Waals surface area contributed by atoms with Gasteiger partial charge in [0.1, 0.15) is 0 Å². The summed E-state index contributed by atoms with van der Waals surface area (Å²) in [4.78, 5) is 24.1. The lowest BCUT2D eigenvalue weighted by atomic mass is 10.1. The summed E-state index contributed by atoms with van der Waals surface area (Å²) < 4.78 is 0. The average Bonchev–Trinajstić information content (AvgIpc) is 2.64. The molecule has 1 aliphatic rings. The first kappa shape index (κ1) is 11.4. The summed E-state index contributed by atoms with van der Waals surface area (Å²) in [5, 5.41) is 5.81. The third kappa shape index (κ3) is 2.55. The normalized spacial score (nSPS) is 12.9. The molecule has 0 bridgehead atoms. The minimum atomic E-state index is 0.0136. The van der Waals surface area contributed by atoms with E-state index >= 15 is 0 Å². The molecule has 0 saturated carbocycles. The molecule has 0 saturated heterocycles. The fraction of sp³-hybridized carbons (Fsp3) is 0.333. The van der Waals surface area contributed by atoms with Crippen molar-refractivity contribution in [3.05, 3.63) is 23.8 Å². The van der Waals surface area contributed by atoms with Gasteiger partial charge in [-0.3, -0.25) is 9.59 Å². The SMILES string of the molecule is CN(C)C(=O)CNc1ccc2c(c1)CC(=O)N2. The molecule has 0 unspecified atom stereocenters. The third-order valence-corrected chi connectivity index (χ3v) is 2.67. The molecule has 1 aromatic carbocycles. The molecule has 0 aromatic heterocycles. The van der Waals surface area contributed by atoms with Gasteiger partial charge in [0, 0.05) is 25.5 Å². The summed E-state index contributed by atoms with van der Waals surface area (Å²) in [6.45, 7) is 0.257. The lowest BCUT2D eigenvalue weighted by molar-refractivity contribution is -0.126. The Kier molecular flexibility index (Phi) is 2.99. The lowest BCUT2D eigenvalue weighted by Gasteiger charge is -2.12. The number of hydrogen-bond acceptors (Lipinski definition) is 3. The smallest absolute Gasteiger partial charge is 0.241 e. The van der Waals surface area contributed by atoms with Gasteiger partial charge in [-0.1, -0.05) is 0 Å². The predicted molar refractivity (Wildman–Crippen MR) is 66.0 cm³/mol. The van der Waals surface area contributed by atoms with Crippen molar-refractivity contribution in [2.24, 2.45) is 0 Å². The summed E-state index contributed by atoms with van der Waals surface area (Å²) in [6.07, 6.45) is 0.409. The Morgan fingerprint density at radius 3 is 2.94 bits per heavy atom. The van der Waals surface area contributed by atoms with Gasteiger partial charge in [0.05, 0.1) is 13.0 Å². The molecule has 0 atom stereocenters. The highest BCUT2D eigenvalue weighted by molar-refractivity contribution is 5.99. The Morgan fingerprint density at radius 2 is 2.24 bits per heavy atom. The number of benzene rings is 1. The van der Waals surface area contributed by atoms with Gasteiger partial charge in [0.15, 0.2) is 0 Å². The second kappa shape index (κ2) is 4.45. The summed E-state index contributed by atoms with van der Waals surface area (Å²) in [5.41, 5.74) is 2.69. The highest BCUT2D eigenvalue weighted by Crippen LogP contribution is 2.25. The molecule has 0 spiro atoms. The van der Waals surface area contributed by atoms with E-state index in [-0.39, 0.29) is 18.4 Å². The average molecular weight is 233 g/mol. The van der Waals surface area contributed by atoms with Crippen molar-refractivity contribution in [2.75, 3.05) is 31.3 Å². The quantitative estimate of drug-likeness (QED) is 0.807. The fourth-order valence-corrected chi connectivity index (χ4v) is 1.68. The van der Waals surface area contributed by atoms with Gasteiger partial charge < -0.3 is 15.5 Å². The summed E-state index contributed by atoms with van der Waals surface area (Å²) in [5.74, 6) is 0.0289. The van der Waals surface area contributed by atoms with Crippen molar-refractivity contribution >= 4 is 23.2 Å². The van der Waals surface area contributed by atoms with Crippen LogP contribution in [0.3, 0.4) is 0 Å². The first-order chi connectivity index (χ1) is 8.06. The molecule has 1 aromatic rings. The number of carbonyl (C=O) groups excluding carboxylic acids is 2. The highest BCUT2D eigenvalue weighted by Gasteiger charge is 2.17. The highest BCUT2D eigenvalue weighted by atomic mass is 16.2. The first-order valence-corrected chi connectivity index (χ1v) is 5.43. The van der Waals surface area contributed by atoms with Crippen LogP contribution < -0.4 is 10.6 Å². The number of nitrogens with zero attached hydrogens (tertiary/aromatic N) is 1. The van der Waals surface area contributed by atoms with Crippen molar-refractivity contribution in [3.8, 4) is 0 Å². The van der Waals surface area contributed by atoms with Gasteiger partial charge in [-0.05, 0) is 23.8 Å². The van der Waals surface area contributed by atoms with Gasteiger partial charge in [0.2, 0.25) is 11.8 Å². The number of rotatable bonds is 3. The van der Waals surface area contributed by atoms with E-state index in [1.54, 1.807) is 14.1 Å². The fourth-order valence-electron chi connectivity index (χ4n) is 1.68. The lowest BCUT2D eigenvalue weighted by Crippen LogP contribution is -2.28. The molecule has 1 aliphatic heterocycles. The Bertz CT molecular complexity index is 469. The van der Waals surface area contributed by atoms with Crippen molar-refractivity contribution < 1.29 is 9.59 Å². The number of hydrogen-bond donors (Lipinski definition) is 2. The van der Waals surface area contributed by atoms with E-state index in [0.29, 0.717) is 6.42 Å². The predicted octanol–water partition coefficient (Wildman–Crippen LogP) is 0.681. The Balaban J connectivity index is 2.02. The maximum absolute atomic E-state index is 11.4. The number of anilines is 2. The zero-order valence-corrected chi connectivity index (χ0v) is 9.91.